The Kier molecular flexibility index (Phi) is 4.29. The highest BCUT2D eigenvalue weighted by Crippen LogP contribution is 2.33. The van der Waals surface area contributed by atoms with E-state index in [-0.39, 0.29) is 31.3 Å². The number of ether oxygens (including phenoxy) is 1. The monoisotopic (exact) mass is 270 g/mol. The molecule has 2 rings (SSSR count). The van der Waals surface area contributed by atoms with Crippen LogP contribution in [0, 0.1) is 11.8 Å². The van der Waals surface area contributed by atoms with Crippen LogP contribution in [-0.4, -0.2) is 54.4 Å². The van der Waals surface area contributed by atoms with Gasteiger partial charge in [0.1, 0.15) is 5.92 Å². The topological polar surface area (TPSA) is 78.9 Å². The van der Waals surface area contributed by atoms with Gasteiger partial charge >= 0.3 is 12.0 Å². The summed E-state index contributed by atoms with van der Waals surface area (Å²) < 4.78 is 5.18. The van der Waals surface area contributed by atoms with Crippen LogP contribution in [0.3, 0.4) is 0 Å². The van der Waals surface area contributed by atoms with Crippen LogP contribution in [0.5, 0.6) is 0 Å². The van der Waals surface area contributed by atoms with E-state index in [4.69, 9.17) is 9.84 Å². The van der Waals surface area contributed by atoms with Gasteiger partial charge < -0.3 is 20.1 Å². The number of carboxylic acid groups (broad SMARTS) is 1. The molecule has 1 saturated carbocycles. The molecule has 2 amide bonds. The van der Waals surface area contributed by atoms with E-state index in [1.807, 2.05) is 6.92 Å². The van der Waals surface area contributed by atoms with E-state index in [2.05, 4.69) is 5.32 Å². The van der Waals surface area contributed by atoms with E-state index in [1.165, 1.54) is 17.7 Å². The molecular formula is C13H22N2O4. The standard InChI is InChI=1S/C13H22N2O4/c1-8(5-9-3-4-9)14-13(18)15(2)11-7-19-6-10(11)12(16)17/h8-11H,3-7H2,1-2H3,(H,14,18)(H,16,17). The summed E-state index contributed by atoms with van der Waals surface area (Å²) in [6.45, 7) is 2.46. The van der Waals surface area contributed by atoms with Crippen molar-refractivity contribution in [3.05, 3.63) is 0 Å². The lowest BCUT2D eigenvalue weighted by Gasteiger charge is -2.28. The molecule has 3 atom stereocenters. The molecule has 0 aromatic rings. The van der Waals surface area contributed by atoms with Crippen LogP contribution in [0.4, 0.5) is 4.79 Å². The third-order valence-electron chi connectivity index (χ3n) is 3.94. The third-order valence-corrected chi connectivity index (χ3v) is 3.94. The molecule has 0 radical (unpaired) electrons. The summed E-state index contributed by atoms with van der Waals surface area (Å²) in [6, 6.07) is -0.464. The molecule has 3 unspecified atom stereocenters. The fourth-order valence-corrected chi connectivity index (χ4v) is 2.54. The largest absolute Gasteiger partial charge is 0.481 e. The zero-order valence-electron chi connectivity index (χ0n) is 11.5. The van der Waals surface area contributed by atoms with Crippen molar-refractivity contribution in [2.75, 3.05) is 20.3 Å². The Bertz CT molecular complexity index is 357. The Labute approximate surface area is 113 Å². The molecule has 2 N–H and O–H groups in total. The van der Waals surface area contributed by atoms with E-state index < -0.39 is 11.9 Å². The van der Waals surface area contributed by atoms with Crippen molar-refractivity contribution in [3.63, 3.8) is 0 Å². The second-order valence-corrected chi connectivity index (χ2v) is 5.69. The van der Waals surface area contributed by atoms with Crippen molar-refractivity contribution >= 4 is 12.0 Å². The molecule has 0 spiro atoms. The van der Waals surface area contributed by atoms with Gasteiger partial charge in [0.15, 0.2) is 0 Å². The zero-order chi connectivity index (χ0) is 14.0. The number of carbonyl (C=O) groups is 2. The minimum absolute atomic E-state index is 0.132. The van der Waals surface area contributed by atoms with Gasteiger partial charge in [-0.25, -0.2) is 4.79 Å². The second-order valence-electron chi connectivity index (χ2n) is 5.69. The number of hydrogen-bond donors (Lipinski definition) is 2. The van der Waals surface area contributed by atoms with Gasteiger partial charge in [-0.15, -0.1) is 0 Å². The van der Waals surface area contributed by atoms with E-state index >= 15 is 0 Å². The number of nitrogens with zero attached hydrogens (tertiary/aromatic N) is 1. The zero-order valence-corrected chi connectivity index (χ0v) is 11.5. The first-order valence-corrected chi connectivity index (χ1v) is 6.83. The SMILES string of the molecule is CC(CC1CC1)NC(=O)N(C)C1COCC1C(=O)O. The van der Waals surface area contributed by atoms with Gasteiger partial charge in [0.25, 0.3) is 0 Å². The molecule has 1 aliphatic heterocycles. The summed E-state index contributed by atoms with van der Waals surface area (Å²) in [4.78, 5) is 24.6. The first-order valence-electron chi connectivity index (χ1n) is 6.83. The van der Waals surface area contributed by atoms with Gasteiger partial charge in [0.2, 0.25) is 0 Å². The molecule has 19 heavy (non-hydrogen) atoms. The van der Waals surface area contributed by atoms with Crippen LogP contribution in [0.15, 0.2) is 0 Å². The molecule has 1 saturated heterocycles. The molecular weight excluding hydrogens is 248 g/mol. The van der Waals surface area contributed by atoms with Crippen molar-refractivity contribution in [1.82, 2.24) is 10.2 Å². The van der Waals surface area contributed by atoms with Crippen LogP contribution in [0.1, 0.15) is 26.2 Å². The van der Waals surface area contributed by atoms with Crippen molar-refractivity contribution in [1.29, 1.82) is 0 Å². The highest BCUT2D eigenvalue weighted by Gasteiger charge is 2.38. The predicted octanol–water partition coefficient (Wildman–Crippen LogP) is 0.916. The van der Waals surface area contributed by atoms with Crippen LogP contribution in [-0.2, 0) is 9.53 Å². The minimum atomic E-state index is -0.909. The van der Waals surface area contributed by atoms with Crippen molar-refractivity contribution in [2.24, 2.45) is 11.8 Å². The van der Waals surface area contributed by atoms with Gasteiger partial charge in [-0.2, -0.15) is 0 Å². The number of nitrogens with one attached hydrogen (secondary N) is 1. The normalized spacial score (nSPS) is 27.9. The third kappa shape index (κ3) is 3.59. The first kappa shape index (κ1) is 14.1. The lowest BCUT2D eigenvalue weighted by atomic mass is 10.0. The summed E-state index contributed by atoms with van der Waals surface area (Å²) in [5.41, 5.74) is 0. The van der Waals surface area contributed by atoms with Crippen LogP contribution in [0.2, 0.25) is 0 Å². The van der Waals surface area contributed by atoms with Crippen molar-refractivity contribution in [3.8, 4) is 0 Å². The summed E-state index contributed by atoms with van der Waals surface area (Å²) in [5.74, 6) is -0.787. The maximum Gasteiger partial charge on any atom is 0.317 e. The molecule has 2 fully saturated rings. The van der Waals surface area contributed by atoms with Crippen molar-refractivity contribution < 1.29 is 19.4 Å². The highest BCUT2D eigenvalue weighted by atomic mass is 16.5. The fourth-order valence-electron chi connectivity index (χ4n) is 2.54. The van der Waals surface area contributed by atoms with E-state index in [0.29, 0.717) is 0 Å². The number of likely N-dealkylation sites (N-methyl/N-ethyl adjacent to an activating group) is 1. The van der Waals surface area contributed by atoms with E-state index in [9.17, 15) is 9.59 Å². The average molecular weight is 270 g/mol. The summed E-state index contributed by atoms with van der Waals surface area (Å²) in [7, 11) is 1.63. The maximum atomic E-state index is 12.1. The molecule has 2 aliphatic rings. The Morgan fingerprint density at radius 2 is 2.11 bits per heavy atom. The van der Waals surface area contributed by atoms with Gasteiger partial charge in [-0.3, -0.25) is 4.79 Å². The molecule has 0 bridgehead atoms. The summed E-state index contributed by atoms with van der Waals surface area (Å²) in [5, 5.41) is 12.0. The van der Waals surface area contributed by atoms with Gasteiger partial charge in [0.05, 0.1) is 19.3 Å². The summed E-state index contributed by atoms with van der Waals surface area (Å²) in [6.07, 6.45) is 3.52. The molecule has 6 heteroatoms. The molecule has 0 aromatic carbocycles. The van der Waals surface area contributed by atoms with Gasteiger partial charge in [-0.1, -0.05) is 12.8 Å². The van der Waals surface area contributed by atoms with Crippen molar-refractivity contribution in [2.45, 2.75) is 38.3 Å². The Balaban J connectivity index is 1.84. The van der Waals surface area contributed by atoms with Gasteiger partial charge in [0, 0.05) is 13.1 Å². The first-order chi connectivity index (χ1) is 8.99. The smallest absolute Gasteiger partial charge is 0.317 e. The van der Waals surface area contributed by atoms with Crippen LogP contribution in [0.25, 0.3) is 0 Å². The van der Waals surface area contributed by atoms with E-state index in [1.54, 1.807) is 7.05 Å². The molecule has 6 nitrogen and oxygen atoms in total. The second kappa shape index (κ2) is 5.77. The molecule has 0 aromatic heterocycles. The predicted molar refractivity (Wildman–Crippen MR) is 68.8 cm³/mol. The lowest BCUT2D eigenvalue weighted by molar-refractivity contribution is -0.142. The number of hydrogen-bond acceptors (Lipinski definition) is 3. The number of amides is 2. The van der Waals surface area contributed by atoms with Crippen LogP contribution < -0.4 is 5.32 Å². The molecule has 108 valence electrons. The minimum Gasteiger partial charge on any atom is -0.481 e. The van der Waals surface area contributed by atoms with E-state index in [0.717, 1.165) is 12.3 Å². The number of carboxylic acids is 1. The number of urea groups is 1. The number of aliphatic carboxylic acids is 1. The maximum absolute atomic E-state index is 12.1. The van der Waals surface area contributed by atoms with Crippen LogP contribution >= 0.6 is 0 Å². The Morgan fingerprint density at radius 1 is 1.42 bits per heavy atom. The lowest BCUT2D eigenvalue weighted by Crippen LogP contribution is -2.50. The molecule has 1 aliphatic carbocycles. The fraction of sp³-hybridized carbons (Fsp3) is 0.846. The quantitative estimate of drug-likeness (QED) is 0.778. The average Bonchev–Trinajstić information content (AvgIpc) is 3.00. The Hall–Kier alpha value is -1.30. The Morgan fingerprint density at radius 3 is 2.68 bits per heavy atom. The number of carbonyl (C=O) groups excluding carboxylic acids is 1. The number of rotatable bonds is 5. The highest BCUT2D eigenvalue weighted by molar-refractivity contribution is 5.77. The van der Waals surface area contributed by atoms with Gasteiger partial charge in [-0.05, 0) is 19.3 Å². The molecule has 1 heterocycles. The summed E-state index contributed by atoms with van der Waals surface area (Å²) >= 11 is 0.